The molecular formula is C21H23N3O6. The predicted molar refractivity (Wildman–Crippen MR) is 106 cm³/mol. The first-order valence-corrected chi connectivity index (χ1v) is 9.64. The molecule has 2 aliphatic rings. The Labute approximate surface area is 173 Å². The minimum Gasteiger partial charge on any atom is -0.454 e. The third-order valence-electron chi connectivity index (χ3n) is 5.25. The molecule has 0 unspecified atom stereocenters. The molecule has 30 heavy (non-hydrogen) atoms. The molecule has 1 fully saturated rings. The van der Waals surface area contributed by atoms with Gasteiger partial charge >= 0.3 is 5.97 Å². The molecule has 0 bridgehead atoms. The summed E-state index contributed by atoms with van der Waals surface area (Å²) in [4.78, 5) is 62.1. The predicted octanol–water partition coefficient (Wildman–Crippen LogP) is 0.868. The highest BCUT2D eigenvalue weighted by atomic mass is 16.5. The first kappa shape index (κ1) is 21.2. The maximum Gasteiger partial charge on any atom is 0.329 e. The van der Waals surface area contributed by atoms with E-state index in [1.807, 2.05) is 12.2 Å². The van der Waals surface area contributed by atoms with E-state index in [-0.39, 0.29) is 17.7 Å². The van der Waals surface area contributed by atoms with Gasteiger partial charge < -0.3 is 15.4 Å². The number of imide groups is 1. The number of anilines is 1. The zero-order chi connectivity index (χ0) is 21.8. The average Bonchev–Trinajstić information content (AvgIpc) is 3.01. The molecule has 3 atom stereocenters. The minimum atomic E-state index is -1.11. The topological polar surface area (TPSA) is 122 Å². The van der Waals surface area contributed by atoms with Gasteiger partial charge in [0, 0.05) is 18.3 Å². The van der Waals surface area contributed by atoms with E-state index >= 15 is 0 Å². The molecular weight excluding hydrogens is 390 g/mol. The van der Waals surface area contributed by atoms with Gasteiger partial charge in [-0.3, -0.25) is 24.1 Å². The maximum atomic E-state index is 12.5. The number of ether oxygens (including phenoxy) is 1. The van der Waals surface area contributed by atoms with Crippen LogP contribution in [0.4, 0.5) is 5.69 Å². The van der Waals surface area contributed by atoms with Crippen LogP contribution < -0.4 is 10.6 Å². The van der Waals surface area contributed by atoms with Crippen molar-refractivity contribution in [3.05, 3.63) is 42.0 Å². The second-order valence-corrected chi connectivity index (χ2v) is 7.19. The zero-order valence-electron chi connectivity index (χ0n) is 16.7. The summed E-state index contributed by atoms with van der Waals surface area (Å²) >= 11 is 0. The molecule has 1 aromatic carbocycles. The van der Waals surface area contributed by atoms with Crippen LogP contribution in [0.25, 0.3) is 0 Å². The van der Waals surface area contributed by atoms with Crippen molar-refractivity contribution in [2.75, 3.05) is 19.0 Å². The summed E-state index contributed by atoms with van der Waals surface area (Å²) in [6.07, 6.45) is 4.68. The molecule has 1 aliphatic carbocycles. The normalized spacial score (nSPS) is 21.1. The lowest BCUT2D eigenvalue weighted by molar-refractivity contribution is -0.159. The molecule has 1 saturated heterocycles. The van der Waals surface area contributed by atoms with E-state index in [1.165, 1.54) is 20.0 Å². The first-order chi connectivity index (χ1) is 14.3. The lowest BCUT2D eigenvalue weighted by Gasteiger charge is -2.21. The first-order valence-electron chi connectivity index (χ1n) is 9.64. The van der Waals surface area contributed by atoms with E-state index in [0.717, 1.165) is 4.90 Å². The molecule has 4 amide bonds. The summed E-state index contributed by atoms with van der Waals surface area (Å²) in [6.45, 7) is 0.825. The molecule has 0 spiro atoms. The molecule has 1 heterocycles. The van der Waals surface area contributed by atoms with Crippen molar-refractivity contribution in [2.24, 2.45) is 11.8 Å². The number of allylic oxidation sites excluding steroid dienone is 2. The molecule has 9 heteroatoms. The molecule has 2 N–H and O–H groups in total. The van der Waals surface area contributed by atoms with Gasteiger partial charge in [-0.2, -0.15) is 0 Å². The Bertz CT molecular complexity index is 899. The van der Waals surface area contributed by atoms with Crippen LogP contribution in [-0.4, -0.2) is 54.2 Å². The summed E-state index contributed by atoms with van der Waals surface area (Å²) in [5.74, 6) is -3.38. The third-order valence-corrected chi connectivity index (χ3v) is 5.25. The van der Waals surface area contributed by atoms with Crippen molar-refractivity contribution in [1.29, 1.82) is 0 Å². The van der Waals surface area contributed by atoms with Crippen LogP contribution in [0.15, 0.2) is 36.4 Å². The molecule has 0 aromatic heterocycles. The smallest absolute Gasteiger partial charge is 0.329 e. The second kappa shape index (κ2) is 8.89. The number of carbonyl (C=O) groups excluding carboxylic acids is 5. The van der Waals surface area contributed by atoms with Crippen molar-refractivity contribution >= 4 is 35.3 Å². The SMILES string of the molecule is CNC(=O)c1cccc(NC(=O)COC(=O)[C@H](C)N2C(=O)[C@H]3CC=CC[C@H]3C2=O)c1. The van der Waals surface area contributed by atoms with Crippen LogP contribution >= 0.6 is 0 Å². The van der Waals surface area contributed by atoms with Crippen molar-refractivity contribution < 1.29 is 28.7 Å². The molecule has 158 valence electrons. The highest BCUT2D eigenvalue weighted by Crippen LogP contribution is 2.36. The number of likely N-dealkylation sites (tertiary alicyclic amines) is 1. The molecule has 1 aliphatic heterocycles. The Morgan fingerprint density at radius 2 is 1.77 bits per heavy atom. The summed E-state index contributed by atoms with van der Waals surface area (Å²) in [5.41, 5.74) is 0.731. The number of carbonyl (C=O) groups is 5. The largest absolute Gasteiger partial charge is 0.454 e. The van der Waals surface area contributed by atoms with Gasteiger partial charge in [0.05, 0.1) is 11.8 Å². The van der Waals surface area contributed by atoms with Crippen LogP contribution in [-0.2, 0) is 23.9 Å². The molecule has 3 rings (SSSR count). The van der Waals surface area contributed by atoms with E-state index in [1.54, 1.807) is 18.2 Å². The lowest BCUT2D eigenvalue weighted by atomic mass is 9.85. The average molecular weight is 413 g/mol. The summed E-state index contributed by atoms with van der Waals surface area (Å²) in [6, 6.07) is 5.16. The fraction of sp³-hybridized carbons (Fsp3) is 0.381. The number of fused-ring (bicyclic) bond motifs is 1. The standard InChI is InChI=1S/C21H23N3O6/c1-12(24-19(27)15-8-3-4-9-16(15)20(24)28)21(29)30-11-17(25)23-14-7-5-6-13(10-14)18(26)22-2/h3-7,10,12,15-16H,8-9,11H2,1-2H3,(H,22,26)(H,23,25)/t12-,15-,16+/m0/s1. The van der Waals surface area contributed by atoms with E-state index in [0.29, 0.717) is 24.1 Å². The van der Waals surface area contributed by atoms with Crippen molar-refractivity contribution in [1.82, 2.24) is 10.2 Å². The van der Waals surface area contributed by atoms with Crippen molar-refractivity contribution in [3.63, 3.8) is 0 Å². The van der Waals surface area contributed by atoms with Crippen molar-refractivity contribution in [3.8, 4) is 0 Å². The second-order valence-electron chi connectivity index (χ2n) is 7.19. The number of nitrogens with one attached hydrogen (secondary N) is 2. The molecule has 0 radical (unpaired) electrons. The highest BCUT2D eigenvalue weighted by Gasteiger charge is 2.50. The number of hydrogen-bond donors (Lipinski definition) is 2. The van der Waals surface area contributed by atoms with Gasteiger partial charge in [0.15, 0.2) is 6.61 Å². The van der Waals surface area contributed by atoms with Gasteiger partial charge in [0.25, 0.3) is 11.8 Å². The van der Waals surface area contributed by atoms with Gasteiger partial charge in [-0.1, -0.05) is 18.2 Å². The summed E-state index contributed by atoms with van der Waals surface area (Å²) < 4.78 is 5.01. The van der Waals surface area contributed by atoms with E-state index < -0.39 is 36.4 Å². The van der Waals surface area contributed by atoms with E-state index in [9.17, 15) is 24.0 Å². The Morgan fingerprint density at radius 3 is 2.37 bits per heavy atom. The molecule has 9 nitrogen and oxygen atoms in total. The van der Waals surface area contributed by atoms with Crippen LogP contribution in [0.5, 0.6) is 0 Å². The van der Waals surface area contributed by atoms with Gasteiger partial charge in [-0.25, -0.2) is 4.79 Å². The van der Waals surface area contributed by atoms with Gasteiger partial charge in [-0.15, -0.1) is 0 Å². The third kappa shape index (κ3) is 4.24. The van der Waals surface area contributed by atoms with E-state index in [4.69, 9.17) is 4.74 Å². The Hall–Kier alpha value is -3.49. The van der Waals surface area contributed by atoms with Crippen LogP contribution in [0.1, 0.15) is 30.1 Å². The Kier molecular flexibility index (Phi) is 6.29. The summed E-state index contributed by atoms with van der Waals surface area (Å²) in [5, 5.41) is 5.01. The number of esters is 1. The van der Waals surface area contributed by atoms with Gasteiger partial charge in [0.1, 0.15) is 6.04 Å². The van der Waals surface area contributed by atoms with Crippen LogP contribution in [0, 0.1) is 11.8 Å². The maximum absolute atomic E-state index is 12.5. The quantitative estimate of drug-likeness (QED) is 0.405. The van der Waals surface area contributed by atoms with Crippen LogP contribution in [0.3, 0.4) is 0 Å². The summed E-state index contributed by atoms with van der Waals surface area (Å²) in [7, 11) is 1.50. The number of amides is 4. The highest BCUT2D eigenvalue weighted by molar-refractivity contribution is 6.08. The number of nitrogens with zero attached hydrogens (tertiary/aromatic N) is 1. The Balaban J connectivity index is 1.55. The van der Waals surface area contributed by atoms with Gasteiger partial charge in [0.2, 0.25) is 11.8 Å². The number of rotatable bonds is 6. The minimum absolute atomic E-state index is 0.304. The van der Waals surface area contributed by atoms with Crippen LogP contribution in [0.2, 0.25) is 0 Å². The van der Waals surface area contributed by atoms with Crippen molar-refractivity contribution in [2.45, 2.75) is 25.8 Å². The van der Waals surface area contributed by atoms with Gasteiger partial charge in [-0.05, 0) is 38.0 Å². The fourth-order valence-electron chi connectivity index (χ4n) is 3.65. The number of benzene rings is 1. The van der Waals surface area contributed by atoms with E-state index in [2.05, 4.69) is 10.6 Å². The lowest BCUT2D eigenvalue weighted by Crippen LogP contribution is -2.45. The number of hydrogen-bond acceptors (Lipinski definition) is 6. The monoisotopic (exact) mass is 413 g/mol. The molecule has 0 saturated carbocycles. The fourth-order valence-corrected chi connectivity index (χ4v) is 3.65. The Morgan fingerprint density at radius 1 is 1.13 bits per heavy atom. The zero-order valence-corrected chi connectivity index (χ0v) is 16.7. The molecule has 1 aromatic rings.